The summed E-state index contributed by atoms with van der Waals surface area (Å²) in [4.78, 5) is 0. The van der Waals surface area contributed by atoms with E-state index in [1.165, 1.54) is 0 Å². The molecule has 0 aromatic carbocycles. The third-order valence-electron chi connectivity index (χ3n) is 1.31. The molecule has 0 fully saturated rings. The van der Waals surface area contributed by atoms with E-state index in [0.29, 0.717) is 0 Å². The van der Waals surface area contributed by atoms with E-state index in [1.54, 1.807) is 13.8 Å². The smallest absolute Gasteiger partial charge is 0.319 e. The Kier molecular flexibility index (Phi) is 2.84. The third-order valence-corrected chi connectivity index (χ3v) is 1.59. The number of hydrogen-bond acceptors (Lipinski definition) is 3. The molecule has 0 aliphatic rings. The molecule has 0 bridgehead atoms. The van der Waals surface area contributed by atoms with E-state index in [-0.39, 0.29) is 10.8 Å². The number of rotatable bonds is 2. The summed E-state index contributed by atoms with van der Waals surface area (Å²) in [6.07, 6.45) is -4.52. The van der Waals surface area contributed by atoms with Crippen LogP contribution in [-0.4, -0.2) is 20.9 Å². The fourth-order valence-corrected chi connectivity index (χ4v) is 1.05. The lowest BCUT2D eigenvalue weighted by Crippen LogP contribution is -2.27. The molecule has 0 spiro atoms. The van der Waals surface area contributed by atoms with Crippen molar-refractivity contribution in [3.8, 4) is 0 Å². The molecule has 0 aliphatic carbocycles. The van der Waals surface area contributed by atoms with Crippen molar-refractivity contribution in [3.63, 3.8) is 0 Å². The number of H-pyrrole nitrogens is 1. The Labute approximate surface area is 83.1 Å². The van der Waals surface area contributed by atoms with Crippen LogP contribution in [0.1, 0.15) is 19.7 Å². The standard InChI is InChI=1S/C6H9F3N4S/c1-3(2)12-13-4(6(7,8)9)10-11-5(13)14/h3,12H,1-2H3,(H,11,14). The molecule has 0 aliphatic heterocycles. The average Bonchev–Trinajstić information content (AvgIpc) is 2.30. The first-order valence-electron chi connectivity index (χ1n) is 3.83. The number of alkyl halides is 3. The van der Waals surface area contributed by atoms with E-state index in [4.69, 9.17) is 0 Å². The van der Waals surface area contributed by atoms with Gasteiger partial charge in [-0.1, -0.05) is 0 Å². The molecule has 1 heterocycles. The highest BCUT2D eigenvalue weighted by atomic mass is 32.1. The van der Waals surface area contributed by atoms with Crippen molar-refractivity contribution >= 4 is 12.2 Å². The molecule has 2 N–H and O–H groups in total. The van der Waals surface area contributed by atoms with Crippen molar-refractivity contribution in [2.45, 2.75) is 26.1 Å². The lowest BCUT2D eigenvalue weighted by molar-refractivity contribution is -0.146. The van der Waals surface area contributed by atoms with Gasteiger partial charge in [-0.3, -0.25) is 0 Å². The first-order valence-corrected chi connectivity index (χ1v) is 4.24. The lowest BCUT2D eigenvalue weighted by atomic mass is 10.4. The molecule has 4 nitrogen and oxygen atoms in total. The van der Waals surface area contributed by atoms with Gasteiger partial charge in [0.15, 0.2) is 0 Å². The fraction of sp³-hybridized carbons (Fsp3) is 0.667. The number of nitrogens with one attached hydrogen (secondary N) is 2. The molecule has 1 rings (SSSR count). The van der Waals surface area contributed by atoms with Gasteiger partial charge in [0.25, 0.3) is 5.82 Å². The molecule has 14 heavy (non-hydrogen) atoms. The van der Waals surface area contributed by atoms with Crippen molar-refractivity contribution in [1.82, 2.24) is 14.9 Å². The number of nitrogens with zero attached hydrogens (tertiary/aromatic N) is 2. The Morgan fingerprint density at radius 1 is 1.50 bits per heavy atom. The zero-order valence-corrected chi connectivity index (χ0v) is 8.33. The predicted molar refractivity (Wildman–Crippen MR) is 46.9 cm³/mol. The van der Waals surface area contributed by atoms with E-state index in [2.05, 4.69) is 27.8 Å². The zero-order valence-electron chi connectivity index (χ0n) is 7.51. The molecule has 0 saturated carbocycles. The highest BCUT2D eigenvalue weighted by Gasteiger charge is 2.37. The van der Waals surface area contributed by atoms with Crippen LogP contribution < -0.4 is 5.43 Å². The molecule has 0 saturated heterocycles. The Balaban J connectivity index is 3.13. The summed E-state index contributed by atoms with van der Waals surface area (Å²) >= 11 is 4.64. The van der Waals surface area contributed by atoms with Crippen LogP contribution in [0.4, 0.5) is 13.2 Å². The molecule has 1 aromatic rings. The lowest BCUT2D eigenvalue weighted by Gasteiger charge is -2.13. The van der Waals surface area contributed by atoms with Gasteiger partial charge in [0.05, 0.1) is 0 Å². The quantitative estimate of drug-likeness (QED) is 0.757. The first kappa shape index (κ1) is 11.0. The second-order valence-corrected chi connectivity index (χ2v) is 3.36. The third kappa shape index (κ3) is 2.25. The average molecular weight is 226 g/mol. The first-order chi connectivity index (χ1) is 6.32. The summed E-state index contributed by atoms with van der Waals surface area (Å²) in [6, 6.07) is -0.166. The number of halogens is 3. The normalized spacial score (nSPS) is 12.1. The van der Waals surface area contributed by atoms with Gasteiger partial charge in [0.2, 0.25) is 4.77 Å². The monoisotopic (exact) mass is 226 g/mol. The van der Waals surface area contributed by atoms with Crippen LogP contribution in [0, 0.1) is 4.77 Å². The summed E-state index contributed by atoms with van der Waals surface area (Å²) in [5.74, 6) is -1.07. The Morgan fingerprint density at radius 2 is 2.07 bits per heavy atom. The maximum absolute atomic E-state index is 12.3. The van der Waals surface area contributed by atoms with Gasteiger partial charge in [-0.05, 0) is 26.1 Å². The van der Waals surface area contributed by atoms with Crippen LogP contribution in [0.2, 0.25) is 0 Å². The number of aromatic amines is 1. The Bertz CT molecular complexity index is 364. The molecule has 0 atom stereocenters. The summed E-state index contributed by atoms with van der Waals surface area (Å²) < 4.78 is 37.6. The SMILES string of the molecule is CC(C)Nn1c(C(F)(F)F)n[nH]c1=S. The van der Waals surface area contributed by atoms with Crippen LogP contribution in [0.5, 0.6) is 0 Å². The fourth-order valence-electron chi connectivity index (χ4n) is 0.865. The molecule has 0 radical (unpaired) electrons. The van der Waals surface area contributed by atoms with Crippen molar-refractivity contribution in [1.29, 1.82) is 0 Å². The maximum Gasteiger partial charge on any atom is 0.453 e. The van der Waals surface area contributed by atoms with Gasteiger partial charge in [-0.15, -0.1) is 5.10 Å². The Hall–Kier alpha value is -1.05. The second-order valence-electron chi connectivity index (χ2n) is 2.97. The topological polar surface area (TPSA) is 45.6 Å². The van der Waals surface area contributed by atoms with Crippen LogP contribution in [0.25, 0.3) is 0 Å². The molecule has 8 heteroatoms. The minimum Gasteiger partial charge on any atom is -0.319 e. The largest absolute Gasteiger partial charge is 0.453 e. The van der Waals surface area contributed by atoms with Crippen molar-refractivity contribution in [2.24, 2.45) is 0 Å². The molecule has 0 unspecified atom stereocenters. The van der Waals surface area contributed by atoms with Crippen LogP contribution in [0.3, 0.4) is 0 Å². The van der Waals surface area contributed by atoms with Crippen molar-refractivity contribution < 1.29 is 13.2 Å². The van der Waals surface area contributed by atoms with Gasteiger partial charge >= 0.3 is 6.18 Å². The van der Waals surface area contributed by atoms with Gasteiger partial charge < -0.3 is 5.43 Å². The van der Waals surface area contributed by atoms with E-state index >= 15 is 0 Å². The number of hydrogen-bond donors (Lipinski definition) is 2. The summed E-state index contributed by atoms with van der Waals surface area (Å²) in [5, 5.41) is 5.18. The minimum atomic E-state index is -4.52. The van der Waals surface area contributed by atoms with Crippen LogP contribution in [-0.2, 0) is 6.18 Å². The highest BCUT2D eigenvalue weighted by molar-refractivity contribution is 7.71. The molecular weight excluding hydrogens is 217 g/mol. The molecule has 0 amide bonds. The maximum atomic E-state index is 12.3. The summed E-state index contributed by atoms with van der Waals surface area (Å²) in [5.41, 5.74) is 2.53. The van der Waals surface area contributed by atoms with Gasteiger partial charge in [0.1, 0.15) is 0 Å². The number of aromatic nitrogens is 3. The predicted octanol–water partition coefficient (Wildman–Crippen LogP) is 1.91. The van der Waals surface area contributed by atoms with Crippen molar-refractivity contribution in [2.75, 3.05) is 5.43 Å². The highest BCUT2D eigenvalue weighted by Crippen LogP contribution is 2.26. The zero-order chi connectivity index (χ0) is 10.9. The molecule has 1 aromatic heterocycles. The summed E-state index contributed by atoms with van der Waals surface area (Å²) in [6.45, 7) is 3.41. The van der Waals surface area contributed by atoms with E-state index < -0.39 is 12.0 Å². The second kappa shape index (κ2) is 3.60. The summed E-state index contributed by atoms with van der Waals surface area (Å²) in [7, 11) is 0. The Morgan fingerprint density at radius 3 is 2.50 bits per heavy atom. The molecule has 80 valence electrons. The van der Waals surface area contributed by atoms with Crippen LogP contribution in [0.15, 0.2) is 0 Å². The van der Waals surface area contributed by atoms with E-state index in [1.807, 2.05) is 0 Å². The van der Waals surface area contributed by atoms with Crippen molar-refractivity contribution in [3.05, 3.63) is 10.6 Å². The van der Waals surface area contributed by atoms with E-state index in [0.717, 1.165) is 4.68 Å². The van der Waals surface area contributed by atoms with Gasteiger partial charge in [0, 0.05) is 6.04 Å². The molecular formula is C6H9F3N4S. The van der Waals surface area contributed by atoms with Gasteiger partial charge in [-0.25, -0.2) is 9.77 Å². The minimum absolute atomic E-state index is 0.106. The van der Waals surface area contributed by atoms with Crippen LogP contribution >= 0.6 is 12.2 Å². The van der Waals surface area contributed by atoms with E-state index in [9.17, 15) is 13.2 Å². The van der Waals surface area contributed by atoms with Gasteiger partial charge in [-0.2, -0.15) is 13.2 Å².